The number of hydrazone groups is 1. The number of furan rings is 1. The van der Waals surface area contributed by atoms with Crippen LogP contribution in [-0.2, 0) is 9.53 Å². The van der Waals surface area contributed by atoms with Gasteiger partial charge in [0, 0.05) is 5.92 Å². The van der Waals surface area contributed by atoms with Crippen LogP contribution >= 0.6 is 15.9 Å². The van der Waals surface area contributed by atoms with Gasteiger partial charge in [-0.1, -0.05) is 24.3 Å². The summed E-state index contributed by atoms with van der Waals surface area (Å²) in [5, 5.41) is 6.02. The van der Waals surface area contributed by atoms with Gasteiger partial charge in [0.15, 0.2) is 11.3 Å². The highest BCUT2D eigenvalue weighted by molar-refractivity contribution is 9.10. The number of carbonyl (C=O) groups excluding carboxylic acids is 2. The normalized spacial score (nSPS) is 20.2. The summed E-state index contributed by atoms with van der Waals surface area (Å²) in [4.78, 5) is 25.5. The molecule has 3 aromatic rings. The molecule has 6 nitrogen and oxygen atoms in total. The van der Waals surface area contributed by atoms with E-state index < -0.39 is 24.5 Å². The Labute approximate surface area is 214 Å². The van der Waals surface area contributed by atoms with Gasteiger partial charge in [-0.2, -0.15) is 5.10 Å². The lowest BCUT2D eigenvalue weighted by Gasteiger charge is -2.29. The Kier molecular flexibility index (Phi) is 6.82. The Hall–Kier alpha value is -3.59. The molecule has 0 radical (unpaired) electrons. The van der Waals surface area contributed by atoms with Crippen LogP contribution in [0.25, 0.3) is 6.08 Å². The lowest BCUT2D eigenvalue weighted by molar-refractivity contribution is -0.137. The first-order valence-electron chi connectivity index (χ1n) is 11.4. The second kappa shape index (κ2) is 10.2. The molecule has 1 aromatic heterocycles. The summed E-state index contributed by atoms with van der Waals surface area (Å²) < 4.78 is 37.8. The quantitative estimate of drug-likeness (QED) is 0.347. The highest BCUT2D eigenvalue weighted by Crippen LogP contribution is 2.44. The molecule has 1 aliphatic heterocycles. The van der Waals surface area contributed by atoms with E-state index in [0.717, 1.165) is 41.7 Å². The summed E-state index contributed by atoms with van der Waals surface area (Å²) in [5.41, 5.74) is 3.28. The number of halogens is 3. The summed E-state index contributed by atoms with van der Waals surface area (Å²) in [5.74, 6) is -2.12. The van der Waals surface area contributed by atoms with Crippen LogP contribution in [0.3, 0.4) is 0 Å². The maximum atomic E-state index is 13.7. The molecule has 1 saturated carbocycles. The van der Waals surface area contributed by atoms with Gasteiger partial charge >= 0.3 is 5.97 Å². The van der Waals surface area contributed by atoms with Gasteiger partial charge in [0.1, 0.15) is 11.6 Å². The van der Waals surface area contributed by atoms with Crippen molar-refractivity contribution in [3.8, 4) is 0 Å². The standard InChI is InChI=1S/C27H21BrF2N2O4/c28-23-13-12-22(36-23)27(34)35-15-24(33)32-26(17-6-10-20(30)11-7-17)21-3-1-2-18(25(21)31-32)14-16-4-8-19(29)9-5-16/h4-14,21,26H,1-3,15H2. The molecule has 2 heterocycles. The third-order valence-electron chi connectivity index (χ3n) is 6.28. The summed E-state index contributed by atoms with van der Waals surface area (Å²) in [6.45, 7) is -0.532. The summed E-state index contributed by atoms with van der Waals surface area (Å²) in [6.07, 6.45) is 4.37. The monoisotopic (exact) mass is 554 g/mol. The number of amides is 1. The molecule has 2 unspecified atom stereocenters. The van der Waals surface area contributed by atoms with Crippen molar-refractivity contribution >= 4 is 39.6 Å². The zero-order valence-electron chi connectivity index (χ0n) is 19.0. The Balaban J connectivity index is 1.44. The average molecular weight is 555 g/mol. The van der Waals surface area contributed by atoms with E-state index in [4.69, 9.17) is 9.15 Å². The molecule has 0 spiro atoms. The summed E-state index contributed by atoms with van der Waals surface area (Å²) >= 11 is 3.12. The molecule has 184 valence electrons. The Morgan fingerprint density at radius 2 is 1.75 bits per heavy atom. The van der Waals surface area contributed by atoms with Crippen LogP contribution in [0.15, 0.2) is 80.4 Å². The molecule has 2 aliphatic rings. The van der Waals surface area contributed by atoms with E-state index >= 15 is 0 Å². The van der Waals surface area contributed by atoms with Crippen molar-refractivity contribution in [3.63, 3.8) is 0 Å². The number of rotatable bonds is 5. The van der Waals surface area contributed by atoms with E-state index in [1.807, 2.05) is 6.08 Å². The van der Waals surface area contributed by atoms with Gasteiger partial charge in [-0.15, -0.1) is 0 Å². The predicted octanol–water partition coefficient (Wildman–Crippen LogP) is 6.30. The molecule has 1 amide bonds. The fourth-order valence-electron chi connectivity index (χ4n) is 4.65. The van der Waals surface area contributed by atoms with Crippen LogP contribution in [0.5, 0.6) is 0 Å². The minimum atomic E-state index is -0.770. The van der Waals surface area contributed by atoms with Crippen molar-refractivity contribution in [1.29, 1.82) is 0 Å². The molecule has 1 fully saturated rings. The minimum absolute atomic E-state index is 0.0318. The molecular formula is C27H21BrF2N2O4. The van der Waals surface area contributed by atoms with Crippen LogP contribution in [0.2, 0.25) is 0 Å². The zero-order chi connectivity index (χ0) is 25.2. The van der Waals surface area contributed by atoms with E-state index in [9.17, 15) is 18.4 Å². The number of esters is 1. The first kappa shape index (κ1) is 24.1. The smallest absolute Gasteiger partial charge is 0.374 e. The third-order valence-corrected chi connectivity index (χ3v) is 6.71. The third kappa shape index (κ3) is 5.02. The molecule has 2 aromatic carbocycles. The first-order valence-corrected chi connectivity index (χ1v) is 12.2. The number of benzene rings is 2. The molecular weight excluding hydrogens is 534 g/mol. The largest absolute Gasteiger partial charge is 0.450 e. The van der Waals surface area contributed by atoms with Gasteiger partial charge in [0.05, 0.1) is 11.8 Å². The van der Waals surface area contributed by atoms with E-state index in [2.05, 4.69) is 21.0 Å². The Morgan fingerprint density at radius 3 is 2.42 bits per heavy atom. The van der Waals surface area contributed by atoms with Gasteiger partial charge in [0.2, 0.25) is 5.76 Å². The van der Waals surface area contributed by atoms with E-state index in [0.29, 0.717) is 4.67 Å². The van der Waals surface area contributed by atoms with Crippen molar-refractivity contribution < 1.29 is 27.5 Å². The maximum Gasteiger partial charge on any atom is 0.374 e. The highest BCUT2D eigenvalue weighted by Gasteiger charge is 2.43. The maximum absolute atomic E-state index is 13.7. The number of fused-ring (bicyclic) bond motifs is 1. The first-order chi connectivity index (χ1) is 17.4. The number of carbonyl (C=O) groups is 2. The fourth-order valence-corrected chi connectivity index (χ4v) is 4.96. The van der Waals surface area contributed by atoms with Gasteiger partial charge in [-0.05, 0) is 94.4 Å². The van der Waals surface area contributed by atoms with E-state index in [1.165, 1.54) is 35.3 Å². The van der Waals surface area contributed by atoms with E-state index in [1.54, 1.807) is 30.3 Å². The number of hydrogen-bond acceptors (Lipinski definition) is 5. The van der Waals surface area contributed by atoms with Crippen LogP contribution in [-0.4, -0.2) is 29.2 Å². The van der Waals surface area contributed by atoms with Gasteiger partial charge < -0.3 is 9.15 Å². The second-order valence-corrected chi connectivity index (χ2v) is 9.40. The van der Waals surface area contributed by atoms with Crippen LogP contribution in [0, 0.1) is 17.6 Å². The summed E-state index contributed by atoms with van der Waals surface area (Å²) in [7, 11) is 0. The van der Waals surface area contributed by atoms with Crippen LogP contribution in [0.4, 0.5) is 8.78 Å². The number of nitrogens with zero attached hydrogens (tertiary/aromatic N) is 2. The molecule has 2 atom stereocenters. The average Bonchev–Trinajstić information content (AvgIpc) is 3.49. The van der Waals surface area contributed by atoms with Crippen molar-refractivity contribution in [2.24, 2.45) is 11.0 Å². The van der Waals surface area contributed by atoms with Gasteiger partial charge in [-0.25, -0.2) is 18.6 Å². The molecule has 0 bridgehead atoms. The topological polar surface area (TPSA) is 72.1 Å². The van der Waals surface area contributed by atoms with Crippen LogP contribution in [0.1, 0.15) is 47.0 Å². The number of hydrogen-bond donors (Lipinski definition) is 0. The van der Waals surface area contributed by atoms with Crippen molar-refractivity contribution in [1.82, 2.24) is 5.01 Å². The summed E-state index contributed by atoms with van der Waals surface area (Å²) in [6, 6.07) is 14.7. The highest BCUT2D eigenvalue weighted by atomic mass is 79.9. The van der Waals surface area contributed by atoms with Crippen molar-refractivity contribution in [2.45, 2.75) is 25.3 Å². The Bertz CT molecular complexity index is 1350. The van der Waals surface area contributed by atoms with Gasteiger partial charge in [-0.3, -0.25) is 4.79 Å². The Morgan fingerprint density at radius 1 is 1.06 bits per heavy atom. The van der Waals surface area contributed by atoms with Crippen molar-refractivity contribution in [3.05, 3.63) is 99.4 Å². The van der Waals surface area contributed by atoms with Crippen LogP contribution < -0.4 is 0 Å². The molecule has 9 heteroatoms. The second-order valence-electron chi connectivity index (χ2n) is 8.62. The number of ether oxygens (including phenoxy) is 1. The fraction of sp³-hybridized carbons (Fsp3) is 0.222. The molecule has 0 saturated heterocycles. The lowest BCUT2D eigenvalue weighted by atomic mass is 9.77. The molecule has 1 aliphatic carbocycles. The minimum Gasteiger partial charge on any atom is -0.450 e. The SMILES string of the molecule is O=C(OCC(=O)N1N=C2C(=Cc3ccc(F)cc3)CCCC2C1c1ccc(F)cc1)c1ccc(Br)o1. The number of allylic oxidation sites excluding steroid dienone is 1. The molecule has 5 rings (SSSR count). The molecule has 0 N–H and O–H groups in total. The predicted molar refractivity (Wildman–Crippen MR) is 132 cm³/mol. The van der Waals surface area contributed by atoms with Gasteiger partial charge in [0.25, 0.3) is 5.91 Å². The van der Waals surface area contributed by atoms with E-state index in [-0.39, 0.29) is 23.3 Å². The molecule has 36 heavy (non-hydrogen) atoms. The zero-order valence-corrected chi connectivity index (χ0v) is 20.6. The lowest BCUT2D eigenvalue weighted by Crippen LogP contribution is -2.34. The van der Waals surface area contributed by atoms with Crippen molar-refractivity contribution in [2.75, 3.05) is 6.61 Å².